The zero-order chi connectivity index (χ0) is 12.3. The third-order valence-corrected chi connectivity index (χ3v) is 4.11. The summed E-state index contributed by atoms with van der Waals surface area (Å²) in [6, 6.07) is 2.09. The maximum absolute atomic E-state index is 5.57. The highest BCUT2D eigenvalue weighted by Crippen LogP contribution is 2.24. The molecule has 0 saturated heterocycles. The highest BCUT2D eigenvalue weighted by Gasteiger charge is 2.13. The average Bonchev–Trinajstić information content (AvgIpc) is 2.73. The van der Waals surface area contributed by atoms with Crippen molar-refractivity contribution >= 4 is 27.3 Å². The van der Waals surface area contributed by atoms with Crippen molar-refractivity contribution in [2.75, 3.05) is 0 Å². The number of hydrogen-bond acceptors (Lipinski definition) is 5. The molecule has 0 aliphatic heterocycles. The molecule has 0 saturated carbocycles. The highest BCUT2D eigenvalue weighted by atomic mass is 79.9. The fraction of sp³-hybridized carbons (Fsp3) is 0.273. The van der Waals surface area contributed by atoms with Gasteiger partial charge in [0.05, 0.1) is 23.6 Å². The summed E-state index contributed by atoms with van der Waals surface area (Å²) in [6.45, 7) is 1.91. The summed E-state index contributed by atoms with van der Waals surface area (Å²) >= 11 is 5.14. The smallest absolute Gasteiger partial charge is 0.0773 e. The first-order valence-electron chi connectivity index (χ1n) is 5.16. The van der Waals surface area contributed by atoms with E-state index in [0.717, 1.165) is 22.3 Å². The Morgan fingerprint density at radius 2 is 2.29 bits per heavy atom. The van der Waals surface area contributed by atoms with Crippen LogP contribution in [0.4, 0.5) is 0 Å². The Morgan fingerprint density at radius 3 is 2.82 bits per heavy atom. The second-order valence-electron chi connectivity index (χ2n) is 3.74. The van der Waals surface area contributed by atoms with Crippen LogP contribution in [0.5, 0.6) is 0 Å². The van der Waals surface area contributed by atoms with E-state index in [1.54, 1.807) is 23.7 Å². The van der Waals surface area contributed by atoms with Crippen molar-refractivity contribution in [1.82, 2.24) is 15.4 Å². The zero-order valence-corrected chi connectivity index (χ0v) is 11.8. The fourth-order valence-electron chi connectivity index (χ4n) is 1.49. The van der Waals surface area contributed by atoms with Crippen LogP contribution in [-0.2, 0) is 6.42 Å². The SMILES string of the molecule is Cc1cnc(C(Cc2cc(Br)cs2)NN)cn1. The number of nitrogens with zero attached hydrogens (tertiary/aromatic N) is 2. The molecule has 4 nitrogen and oxygen atoms in total. The van der Waals surface area contributed by atoms with Crippen molar-refractivity contribution in [3.8, 4) is 0 Å². The lowest BCUT2D eigenvalue weighted by molar-refractivity contribution is 0.539. The van der Waals surface area contributed by atoms with Gasteiger partial charge in [0.15, 0.2) is 0 Å². The summed E-state index contributed by atoms with van der Waals surface area (Å²) in [4.78, 5) is 9.82. The van der Waals surface area contributed by atoms with Gasteiger partial charge in [-0.15, -0.1) is 11.3 Å². The normalized spacial score (nSPS) is 12.6. The molecule has 0 aromatic carbocycles. The molecular weight excluding hydrogens is 300 g/mol. The monoisotopic (exact) mass is 312 g/mol. The number of hydrazine groups is 1. The number of aryl methyl sites for hydroxylation is 1. The zero-order valence-electron chi connectivity index (χ0n) is 9.35. The van der Waals surface area contributed by atoms with E-state index in [-0.39, 0.29) is 6.04 Å². The lowest BCUT2D eigenvalue weighted by atomic mass is 10.1. The molecular formula is C11H13BrN4S. The van der Waals surface area contributed by atoms with Crippen LogP contribution in [-0.4, -0.2) is 9.97 Å². The number of aromatic nitrogens is 2. The molecule has 0 radical (unpaired) electrons. The predicted molar refractivity (Wildman–Crippen MR) is 72.6 cm³/mol. The molecule has 0 spiro atoms. The molecule has 0 aliphatic rings. The minimum atomic E-state index is -0.00588. The third-order valence-electron chi connectivity index (χ3n) is 2.39. The molecule has 90 valence electrons. The van der Waals surface area contributed by atoms with Crippen molar-refractivity contribution in [3.63, 3.8) is 0 Å². The van der Waals surface area contributed by atoms with Crippen LogP contribution in [0.15, 0.2) is 28.3 Å². The van der Waals surface area contributed by atoms with E-state index in [0.29, 0.717) is 0 Å². The van der Waals surface area contributed by atoms with E-state index in [1.807, 2.05) is 6.92 Å². The van der Waals surface area contributed by atoms with Gasteiger partial charge < -0.3 is 0 Å². The lowest BCUT2D eigenvalue weighted by Gasteiger charge is -2.13. The number of nitrogens with one attached hydrogen (secondary N) is 1. The van der Waals surface area contributed by atoms with Crippen molar-refractivity contribution in [1.29, 1.82) is 0 Å². The van der Waals surface area contributed by atoms with Crippen LogP contribution >= 0.6 is 27.3 Å². The second kappa shape index (κ2) is 5.68. The molecule has 3 N–H and O–H groups in total. The molecule has 0 amide bonds. The Bertz CT molecular complexity index is 482. The Balaban J connectivity index is 2.13. The molecule has 0 aliphatic carbocycles. The maximum atomic E-state index is 5.57. The average molecular weight is 313 g/mol. The Kier molecular flexibility index (Phi) is 4.22. The van der Waals surface area contributed by atoms with Gasteiger partial charge in [0, 0.05) is 27.3 Å². The molecule has 0 bridgehead atoms. The van der Waals surface area contributed by atoms with Crippen LogP contribution in [0.1, 0.15) is 22.3 Å². The van der Waals surface area contributed by atoms with E-state index in [4.69, 9.17) is 5.84 Å². The van der Waals surface area contributed by atoms with E-state index >= 15 is 0 Å². The van der Waals surface area contributed by atoms with Crippen molar-refractivity contribution in [2.45, 2.75) is 19.4 Å². The number of rotatable bonds is 4. The Labute approximate surface area is 112 Å². The van der Waals surface area contributed by atoms with Gasteiger partial charge in [-0.05, 0) is 28.9 Å². The first-order valence-corrected chi connectivity index (χ1v) is 6.84. The van der Waals surface area contributed by atoms with Gasteiger partial charge in [-0.1, -0.05) is 0 Å². The van der Waals surface area contributed by atoms with Crippen molar-refractivity contribution < 1.29 is 0 Å². The highest BCUT2D eigenvalue weighted by molar-refractivity contribution is 9.10. The maximum Gasteiger partial charge on any atom is 0.0773 e. The van der Waals surface area contributed by atoms with Crippen LogP contribution in [0, 0.1) is 6.92 Å². The van der Waals surface area contributed by atoms with Gasteiger partial charge in [-0.25, -0.2) is 0 Å². The molecule has 17 heavy (non-hydrogen) atoms. The topological polar surface area (TPSA) is 63.8 Å². The van der Waals surface area contributed by atoms with Gasteiger partial charge >= 0.3 is 0 Å². The van der Waals surface area contributed by atoms with Gasteiger partial charge in [-0.2, -0.15) is 0 Å². The van der Waals surface area contributed by atoms with Crippen molar-refractivity contribution in [2.24, 2.45) is 5.84 Å². The summed E-state index contributed by atoms with van der Waals surface area (Å²) in [7, 11) is 0. The Morgan fingerprint density at radius 1 is 1.47 bits per heavy atom. The molecule has 2 heterocycles. The van der Waals surface area contributed by atoms with Gasteiger partial charge in [0.1, 0.15) is 0 Å². The van der Waals surface area contributed by atoms with E-state index in [1.165, 1.54) is 4.88 Å². The molecule has 2 aromatic rings. The molecule has 2 aromatic heterocycles. The minimum Gasteiger partial charge on any atom is -0.271 e. The van der Waals surface area contributed by atoms with Gasteiger partial charge in [-0.3, -0.25) is 21.2 Å². The minimum absolute atomic E-state index is 0.00588. The molecule has 2 rings (SSSR count). The first kappa shape index (κ1) is 12.6. The quantitative estimate of drug-likeness (QED) is 0.672. The number of nitrogens with two attached hydrogens (primary N) is 1. The van der Waals surface area contributed by atoms with Crippen LogP contribution in [0.25, 0.3) is 0 Å². The number of halogens is 1. The Hall–Kier alpha value is -0.820. The molecule has 0 fully saturated rings. The summed E-state index contributed by atoms with van der Waals surface area (Å²) in [6.07, 6.45) is 4.33. The number of hydrogen-bond donors (Lipinski definition) is 2. The van der Waals surface area contributed by atoms with E-state index in [2.05, 4.69) is 42.8 Å². The summed E-state index contributed by atoms with van der Waals surface area (Å²) in [5, 5.41) is 2.06. The fourth-order valence-corrected chi connectivity index (χ4v) is 2.99. The summed E-state index contributed by atoms with van der Waals surface area (Å²) in [5.74, 6) is 5.57. The largest absolute Gasteiger partial charge is 0.271 e. The van der Waals surface area contributed by atoms with Gasteiger partial charge in [0.25, 0.3) is 0 Å². The van der Waals surface area contributed by atoms with Gasteiger partial charge in [0.2, 0.25) is 0 Å². The van der Waals surface area contributed by atoms with E-state index < -0.39 is 0 Å². The summed E-state index contributed by atoms with van der Waals surface area (Å²) in [5.41, 5.74) is 4.55. The summed E-state index contributed by atoms with van der Waals surface area (Å²) < 4.78 is 1.10. The molecule has 1 atom stereocenters. The van der Waals surface area contributed by atoms with E-state index in [9.17, 15) is 0 Å². The van der Waals surface area contributed by atoms with Crippen molar-refractivity contribution in [3.05, 3.63) is 44.6 Å². The standard InChI is InChI=1S/C11H13BrN4S/c1-7-4-15-11(5-14-7)10(16-13)3-9-2-8(12)6-17-9/h2,4-6,10,16H,3,13H2,1H3. The van der Waals surface area contributed by atoms with Crippen LogP contribution < -0.4 is 11.3 Å². The lowest BCUT2D eigenvalue weighted by Crippen LogP contribution is -2.30. The number of thiophene rings is 1. The molecule has 6 heteroatoms. The second-order valence-corrected chi connectivity index (χ2v) is 5.65. The molecule has 1 unspecified atom stereocenters. The van der Waals surface area contributed by atoms with Crippen LogP contribution in [0.3, 0.4) is 0 Å². The van der Waals surface area contributed by atoms with Crippen LogP contribution in [0.2, 0.25) is 0 Å². The third kappa shape index (κ3) is 3.32. The first-order chi connectivity index (χ1) is 8.19. The predicted octanol–water partition coefficient (Wildman–Crippen LogP) is 2.36.